The van der Waals surface area contributed by atoms with E-state index >= 15 is 0 Å². The number of thiol groups is 1. The molecule has 0 radical (unpaired) electrons. The minimum atomic E-state index is 1.00. The van der Waals surface area contributed by atoms with Crippen molar-refractivity contribution in [1.29, 1.82) is 5.26 Å². The van der Waals surface area contributed by atoms with Gasteiger partial charge in [-0.25, -0.2) is 0 Å². The zero-order valence-corrected chi connectivity index (χ0v) is 3.74. The van der Waals surface area contributed by atoms with Crippen molar-refractivity contribution in [1.82, 2.24) is 0 Å². The topological polar surface area (TPSA) is 44.0 Å². The Bertz CT molecular complexity index is 31.1. The molecule has 5 heavy (non-hydrogen) atoms. The summed E-state index contributed by atoms with van der Waals surface area (Å²) in [7, 11) is 1.00. The number of thiocyanates is 1. The number of rotatable bonds is 0. The van der Waals surface area contributed by atoms with Gasteiger partial charge in [0.15, 0.2) is 0 Å². The molecular weight excluding hydrogens is 86.1 g/mol. The van der Waals surface area contributed by atoms with Crippen molar-refractivity contribution in [2.45, 2.75) is 0 Å². The first-order chi connectivity index (χ1) is 2.41. The lowest BCUT2D eigenvalue weighted by atomic mass is 11.8. The first-order valence-electron chi connectivity index (χ1n) is 0.894. The van der Waals surface area contributed by atoms with Crippen LogP contribution >= 0.6 is 12.6 Å². The second kappa shape index (κ2) is 46.5. The average molecular weight is 91.1 g/mol. The van der Waals surface area contributed by atoms with E-state index in [0.29, 0.717) is 0 Å². The van der Waals surface area contributed by atoms with E-state index < -0.39 is 0 Å². The molecule has 0 saturated carbocycles. The van der Waals surface area contributed by atoms with Crippen molar-refractivity contribution in [2.75, 3.05) is 7.11 Å². The largest absolute Gasteiger partial charge is 0.400 e. The summed E-state index contributed by atoms with van der Waals surface area (Å²) in [6, 6.07) is 0. The molecule has 0 fully saturated rings. The maximum atomic E-state index is 7.18. The number of hydrogen-bond donors (Lipinski definition) is 2. The van der Waals surface area contributed by atoms with Gasteiger partial charge in [0.2, 0.25) is 0 Å². The Morgan fingerprint density at radius 1 is 1.80 bits per heavy atom. The number of hydrogen-bond acceptors (Lipinski definition) is 3. The van der Waals surface area contributed by atoms with Gasteiger partial charge >= 0.3 is 0 Å². The SMILES string of the molecule is CO.N#CS. The molecule has 0 aliphatic rings. The van der Waals surface area contributed by atoms with Gasteiger partial charge < -0.3 is 5.11 Å². The Labute approximate surface area is 36.5 Å². The summed E-state index contributed by atoms with van der Waals surface area (Å²) in [6.45, 7) is 0. The van der Waals surface area contributed by atoms with Crippen molar-refractivity contribution in [2.24, 2.45) is 0 Å². The standard InChI is InChI=1S/CHNS.CH4O/c2-1-3;1-2/h3H;2H,1H3. The molecule has 0 bridgehead atoms. The third kappa shape index (κ3) is 308. The van der Waals surface area contributed by atoms with Crippen LogP contribution in [-0.4, -0.2) is 12.2 Å². The van der Waals surface area contributed by atoms with Crippen LogP contribution in [0.5, 0.6) is 0 Å². The van der Waals surface area contributed by atoms with Crippen LogP contribution in [0.4, 0.5) is 0 Å². The lowest BCUT2D eigenvalue weighted by Gasteiger charge is -1.21. The molecule has 0 aliphatic carbocycles. The van der Waals surface area contributed by atoms with E-state index in [4.69, 9.17) is 10.4 Å². The predicted octanol–water partition coefficient (Wildman–Crippen LogP) is 0.00578. The number of aliphatic hydroxyl groups excluding tert-OH is 1. The van der Waals surface area contributed by atoms with Gasteiger partial charge in [0, 0.05) is 7.11 Å². The fraction of sp³-hybridized carbons (Fsp3) is 0.500. The molecule has 0 aliphatic heterocycles. The van der Waals surface area contributed by atoms with Crippen LogP contribution in [0.2, 0.25) is 0 Å². The molecule has 3 heteroatoms. The number of aliphatic hydroxyl groups is 1. The molecule has 0 amide bonds. The van der Waals surface area contributed by atoms with E-state index in [1.165, 1.54) is 5.40 Å². The highest BCUT2D eigenvalue weighted by Gasteiger charge is 1.18. The second-order valence-electron chi connectivity index (χ2n) is 0.100. The van der Waals surface area contributed by atoms with E-state index in [9.17, 15) is 0 Å². The van der Waals surface area contributed by atoms with E-state index in [-0.39, 0.29) is 0 Å². The maximum absolute atomic E-state index is 7.18. The van der Waals surface area contributed by atoms with Gasteiger partial charge in [0.25, 0.3) is 0 Å². The molecular formula is C2H5NOS. The lowest BCUT2D eigenvalue weighted by Crippen LogP contribution is -1.25. The molecule has 0 unspecified atom stereocenters. The number of nitrogens with zero attached hydrogens (tertiary/aromatic N) is 1. The highest BCUT2D eigenvalue weighted by Crippen LogP contribution is 1.46. The van der Waals surface area contributed by atoms with Gasteiger partial charge in [0.05, 0.1) is 0 Å². The summed E-state index contributed by atoms with van der Waals surface area (Å²) < 4.78 is 0. The second-order valence-corrected chi connectivity index (χ2v) is 0.300. The maximum Gasteiger partial charge on any atom is 0.130 e. The van der Waals surface area contributed by atoms with Gasteiger partial charge in [-0.2, -0.15) is 5.26 Å². The average Bonchev–Trinajstić information content (AvgIpc) is 1.46. The van der Waals surface area contributed by atoms with Crippen molar-refractivity contribution >= 4 is 12.6 Å². The lowest BCUT2D eigenvalue weighted by molar-refractivity contribution is 0.399. The molecule has 30 valence electrons. The summed E-state index contributed by atoms with van der Waals surface area (Å²) in [6.07, 6.45) is 0. The Kier molecular flexibility index (Phi) is 82.3. The van der Waals surface area contributed by atoms with Gasteiger partial charge in [0.1, 0.15) is 5.40 Å². The monoisotopic (exact) mass is 91.0 g/mol. The Balaban J connectivity index is 0. The summed E-state index contributed by atoms with van der Waals surface area (Å²) in [5.74, 6) is 0. The molecule has 1 N–H and O–H groups in total. The van der Waals surface area contributed by atoms with Crippen LogP contribution in [0.15, 0.2) is 0 Å². The van der Waals surface area contributed by atoms with Gasteiger partial charge in [-0.1, -0.05) is 12.6 Å². The fourth-order valence-corrected chi connectivity index (χ4v) is 0. The zero-order valence-electron chi connectivity index (χ0n) is 2.84. The molecule has 0 rings (SSSR count). The predicted molar refractivity (Wildman–Crippen MR) is 22.7 cm³/mol. The molecule has 0 saturated heterocycles. The van der Waals surface area contributed by atoms with E-state index in [1.807, 2.05) is 0 Å². The molecule has 0 atom stereocenters. The first-order valence-corrected chi connectivity index (χ1v) is 1.34. The summed E-state index contributed by atoms with van der Waals surface area (Å²) >= 11 is 3.09. The first kappa shape index (κ1) is 8.84. The van der Waals surface area contributed by atoms with Crippen LogP contribution in [0.25, 0.3) is 0 Å². The molecule has 0 heterocycles. The van der Waals surface area contributed by atoms with Crippen molar-refractivity contribution < 1.29 is 5.11 Å². The van der Waals surface area contributed by atoms with Gasteiger partial charge in [-0.15, -0.1) is 0 Å². The third-order valence-electron chi connectivity index (χ3n) is 0. The van der Waals surface area contributed by atoms with Crippen molar-refractivity contribution in [3.8, 4) is 5.40 Å². The van der Waals surface area contributed by atoms with Crippen LogP contribution in [0.1, 0.15) is 0 Å². The summed E-state index contributed by atoms with van der Waals surface area (Å²) in [4.78, 5) is 0. The van der Waals surface area contributed by atoms with Gasteiger partial charge in [-0.3, -0.25) is 0 Å². The summed E-state index contributed by atoms with van der Waals surface area (Å²) in [5.41, 5.74) is 0. The van der Waals surface area contributed by atoms with E-state index in [0.717, 1.165) is 7.11 Å². The molecule has 0 spiro atoms. The summed E-state index contributed by atoms with van der Waals surface area (Å²) in [5, 5.41) is 15.6. The van der Waals surface area contributed by atoms with Crippen LogP contribution in [0, 0.1) is 10.7 Å². The van der Waals surface area contributed by atoms with Crippen molar-refractivity contribution in [3.63, 3.8) is 0 Å². The van der Waals surface area contributed by atoms with Gasteiger partial charge in [-0.05, 0) is 0 Å². The zero-order chi connectivity index (χ0) is 4.71. The van der Waals surface area contributed by atoms with E-state index in [1.54, 1.807) is 0 Å². The minimum absolute atomic E-state index is 1.00. The smallest absolute Gasteiger partial charge is 0.130 e. The molecule has 0 aromatic carbocycles. The molecule has 2 nitrogen and oxygen atoms in total. The highest BCUT2D eigenvalue weighted by molar-refractivity contribution is 7.85. The fourth-order valence-electron chi connectivity index (χ4n) is 0. The number of nitriles is 1. The Morgan fingerprint density at radius 2 is 1.80 bits per heavy atom. The van der Waals surface area contributed by atoms with Crippen LogP contribution < -0.4 is 0 Å². The highest BCUT2D eigenvalue weighted by atomic mass is 32.1. The Morgan fingerprint density at radius 3 is 1.80 bits per heavy atom. The molecule has 0 aromatic rings. The van der Waals surface area contributed by atoms with Crippen LogP contribution in [-0.2, 0) is 0 Å². The minimum Gasteiger partial charge on any atom is -0.400 e. The van der Waals surface area contributed by atoms with E-state index in [2.05, 4.69) is 12.6 Å². The Hall–Kier alpha value is -0.200. The van der Waals surface area contributed by atoms with Crippen molar-refractivity contribution in [3.05, 3.63) is 0 Å². The van der Waals surface area contributed by atoms with Crippen LogP contribution in [0.3, 0.4) is 0 Å². The third-order valence-corrected chi connectivity index (χ3v) is 0. The molecule has 0 aromatic heterocycles. The normalized spacial score (nSPS) is 2.80. The quantitative estimate of drug-likeness (QED) is 0.325.